The van der Waals surface area contributed by atoms with Crippen molar-refractivity contribution in [2.45, 2.75) is 57.8 Å². The van der Waals surface area contributed by atoms with Crippen molar-refractivity contribution in [3.8, 4) is 12.8 Å². The van der Waals surface area contributed by atoms with E-state index in [-0.39, 0.29) is 0 Å². The van der Waals surface area contributed by atoms with Crippen LogP contribution in [0.3, 0.4) is 0 Å². The van der Waals surface area contributed by atoms with E-state index in [1.165, 1.54) is 19.3 Å². The normalized spacial score (nSPS) is 31.5. The molecule has 0 aromatic heterocycles. The van der Waals surface area contributed by atoms with Crippen LogP contribution in [0.15, 0.2) is 0 Å². The maximum atomic E-state index is 4.00. The fourth-order valence-electron chi connectivity index (χ4n) is 2.27. The molecule has 0 spiro atoms. The minimum absolute atomic E-state index is 0.778. The monoisotopic (exact) mass is 196 g/mol. The Kier molecular flexibility index (Phi) is 5.40. The van der Waals surface area contributed by atoms with E-state index in [1.54, 1.807) is 6.04 Å². The molecule has 1 heteroatoms. The quantitative estimate of drug-likeness (QED) is 0.436. The first kappa shape index (κ1) is 12.8. The lowest BCUT2D eigenvalue weighted by Gasteiger charge is -2.39. The Hall–Kier alpha value is -0.223. The maximum Gasteiger partial charge on any atom is 0.0504 e. The van der Waals surface area contributed by atoms with E-state index in [4.69, 9.17) is 0 Å². The third kappa shape index (κ3) is 3.56. The molecule has 76 valence electrons. The molecule has 0 saturated carbocycles. The van der Waals surface area contributed by atoms with Crippen LogP contribution in [0.5, 0.6) is 0 Å². The van der Waals surface area contributed by atoms with Gasteiger partial charge in [0.1, 0.15) is 0 Å². The highest BCUT2D eigenvalue weighted by molar-refractivity contribution is 6.78. The Morgan fingerprint density at radius 1 is 1.23 bits per heavy atom. The molecule has 0 aromatic carbocycles. The first-order chi connectivity index (χ1) is 6.06. The molecular formula is C12H24Si. The van der Waals surface area contributed by atoms with Crippen LogP contribution >= 0.6 is 0 Å². The third-order valence-corrected chi connectivity index (χ3v) is 8.32. The summed E-state index contributed by atoms with van der Waals surface area (Å²) in [4.78, 5) is 0. The van der Waals surface area contributed by atoms with Crippen molar-refractivity contribution in [1.29, 1.82) is 0 Å². The number of terminal acetylenes is 1. The average Bonchev–Trinajstić information content (AvgIpc) is 2.13. The summed E-state index contributed by atoms with van der Waals surface area (Å²) >= 11 is 0. The van der Waals surface area contributed by atoms with Gasteiger partial charge in [-0.25, -0.2) is 0 Å². The molecule has 1 heterocycles. The zero-order valence-corrected chi connectivity index (χ0v) is 10.6. The van der Waals surface area contributed by atoms with E-state index in [0.717, 1.165) is 11.5 Å². The molecule has 1 fully saturated rings. The predicted molar refractivity (Wildman–Crippen MR) is 64.6 cm³/mol. The summed E-state index contributed by atoms with van der Waals surface area (Å²) in [6.07, 6.45) is 12.4. The van der Waals surface area contributed by atoms with Gasteiger partial charge in [0.15, 0.2) is 0 Å². The summed E-state index contributed by atoms with van der Waals surface area (Å²) in [5, 5.41) is 0. The average molecular weight is 196 g/mol. The summed E-state index contributed by atoms with van der Waals surface area (Å²) in [5.74, 6) is 1.08. The van der Waals surface area contributed by atoms with Crippen LogP contribution in [0.2, 0.25) is 24.7 Å². The lowest BCUT2D eigenvalue weighted by atomic mass is 10.0. The molecule has 0 aliphatic carbocycles. The van der Waals surface area contributed by atoms with Crippen LogP contribution < -0.4 is 0 Å². The van der Waals surface area contributed by atoms with Crippen LogP contribution in [0.4, 0.5) is 0 Å². The molecule has 0 nitrogen and oxygen atoms in total. The Morgan fingerprint density at radius 3 is 2.15 bits per heavy atom. The van der Waals surface area contributed by atoms with Crippen LogP contribution in [-0.2, 0) is 0 Å². The van der Waals surface area contributed by atoms with Crippen molar-refractivity contribution in [2.24, 2.45) is 5.92 Å². The van der Waals surface area contributed by atoms with Gasteiger partial charge in [0.2, 0.25) is 0 Å². The van der Waals surface area contributed by atoms with Gasteiger partial charge >= 0.3 is 0 Å². The molecule has 2 atom stereocenters. The number of hydrogen-bond donors (Lipinski definition) is 0. The first-order valence-corrected chi connectivity index (χ1v) is 8.68. The van der Waals surface area contributed by atoms with E-state index < -0.39 is 8.07 Å². The van der Waals surface area contributed by atoms with Gasteiger partial charge in [-0.05, 0) is 11.5 Å². The van der Waals surface area contributed by atoms with Crippen LogP contribution in [0.25, 0.3) is 0 Å². The molecule has 1 aliphatic heterocycles. The van der Waals surface area contributed by atoms with Gasteiger partial charge in [0, 0.05) is 0 Å². The molecule has 0 N–H and O–H groups in total. The summed E-state index contributed by atoms with van der Waals surface area (Å²) in [7, 11) is -0.778. The zero-order valence-electron chi connectivity index (χ0n) is 9.64. The second-order valence-electron chi connectivity index (χ2n) is 4.95. The SMILES string of the molecule is C#C.CCC1CCC(C)[Si](C)(C)C1. The first-order valence-electron chi connectivity index (χ1n) is 5.39. The lowest BCUT2D eigenvalue weighted by molar-refractivity contribution is 0.452. The predicted octanol–water partition coefficient (Wildman–Crippen LogP) is 4.15. The molecule has 0 bridgehead atoms. The van der Waals surface area contributed by atoms with Crippen LogP contribution in [-0.4, -0.2) is 8.07 Å². The van der Waals surface area contributed by atoms with Crippen LogP contribution in [0, 0.1) is 18.8 Å². The molecule has 13 heavy (non-hydrogen) atoms. The Balaban J connectivity index is 0.000000671. The Bertz CT molecular complexity index is 158. The van der Waals surface area contributed by atoms with E-state index >= 15 is 0 Å². The van der Waals surface area contributed by atoms with Gasteiger partial charge in [-0.1, -0.05) is 52.2 Å². The highest BCUT2D eigenvalue weighted by Crippen LogP contribution is 2.40. The fourth-order valence-corrected chi connectivity index (χ4v) is 5.60. The van der Waals surface area contributed by atoms with Crippen molar-refractivity contribution < 1.29 is 0 Å². The second kappa shape index (κ2) is 5.50. The summed E-state index contributed by atoms with van der Waals surface area (Å²) in [6, 6.07) is 1.59. The number of rotatable bonds is 1. The van der Waals surface area contributed by atoms with Crippen molar-refractivity contribution in [2.75, 3.05) is 0 Å². The summed E-state index contributed by atoms with van der Waals surface area (Å²) < 4.78 is 0. The van der Waals surface area contributed by atoms with Crippen LogP contribution in [0.1, 0.15) is 33.1 Å². The highest BCUT2D eigenvalue weighted by Gasteiger charge is 2.34. The summed E-state index contributed by atoms with van der Waals surface area (Å²) in [6.45, 7) is 9.96. The highest BCUT2D eigenvalue weighted by atomic mass is 28.3. The van der Waals surface area contributed by atoms with Crippen molar-refractivity contribution in [1.82, 2.24) is 0 Å². The van der Waals surface area contributed by atoms with Gasteiger partial charge < -0.3 is 0 Å². The molecule has 2 unspecified atom stereocenters. The zero-order chi connectivity index (χ0) is 10.5. The molecule has 1 rings (SSSR count). The molecule has 0 radical (unpaired) electrons. The smallest absolute Gasteiger partial charge is 0.0504 e. The fraction of sp³-hybridized carbons (Fsp3) is 0.833. The second-order valence-corrected chi connectivity index (χ2v) is 10.3. The number of hydrogen-bond acceptors (Lipinski definition) is 0. The maximum absolute atomic E-state index is 4.00. The van der Waals surface area contributed by atoms with E-state index in [2.05, 4.69) is 39.8 Å². The lowest BCUT2D eigenvalue weighted by Crippen LogP contribution is -2.37. The van der Waals surface area contributed by atoms with E-state index in [1.807, 2.05) is 0 Å². The van der Waals surface area contributed by atoms with Gasteiger partial charge in [0.25, 0.3) is 0 Å². The Labute approximate surface area is 85.1 Å². The minimum Gasteiger partial charge on any atom is -0.124 e. The Morgan fingerprint density at radius 2 is 1.77 bits per heavy atom. The van der Waals surface area contributed by atoms with Crippen molar-refractivity contribution >= 4 is 8.07 Å². The molecule has 0 aromatic rings. The van der Waals surface area contributed by atoms with Crippen molar-refractivity contribution in [3.05, 3.63) is 0 Å². The van der Waals surface area contributed by atoms with Gasteiger partial charge in [-0.3, -0.25) is 0 Å². The molecule has 1 aliphatic rings. The minimum atomic E-state index is -0.778. The largest absolute Gasteiger partial charge is 0.124 e. The van der Waals surface area contributed by atoms with Gasteiger partial charge in [0.05, 0.1) is 8.07 Å². The molecule has 0 amide bonds. The molecular weight excluding hydrogens is 172 g/mol. The van der Waals surface area contributed by atoms with E-state index in [0.29, 0.717) is 0 Å². The standard InChI is InChI=1S/C10H22Si.C2H2/c1-5-10-7-6-9(2)11(3,4)8-10;1-2/h9-10H,5-8H2,1-4H3;1-2H. The third-order valence-electron chi connectivity index (χ3n) is 3.73. The van der Waals surface area contributed by atoms with Gasteiger partial charge in [-0.2, -0.15) is 0 Å². The topological polar surface area (TPSA) is 0 Å². The summed E-state index contributed by atoms with van der Waals surface area (Å²) in [5.41, 5.74) is 1.07. The van der Waals surface area contributed by atoms with Gasteiger partial charge in [-0.15, -0.1) is 12.8 Å². The van der Waals surface area contributed by atoms with E-state index in [9.17, 15) is 0 Å². The van der Waals surface area contributed by atoms with Crippen molar-refractivity contribution in [3.63, 3.8) is 0 Å². The molecule has 1 saturated heterocycles.